The van der Waals surface area contributed by atoms with Gasteiger partial charge in [-0.25, -0.2) is 4.98 Å². The molecule has 1 unspecified atom stereocenters. The Balaban J connectivity index is 1.92. The number of nitrogens with one attached hydrogen (secondary N) is 2. The monoisotopic (exact) mass is 233 g/mol. The van der Waals surface area contributed by atoms with Crippen molar-refractivity contribution in [2.24, 2.45) is 0 Å². The van der Waals surface area contributed by atoms with Gasteiger partial charge in [-0.3, -0.25) is 0 Å². The molecule has 4 heteroatoms. The first-order chi connectivity index (χ1) is 8.33. The summed E-state index contributed by atoms with van der Waals surface area (Å²) in [5, 5.41) is 3.44. The molecule has 2 rings (SSSR count). The molecule has 2 heterocycles. The number of H-pyrrole nitrogens is 1. The summed E-state index contributed by atoms with van der Waals surface area (Å²) in [4.78, 5) is 7.41. The van der Waals surface area contributed by atoms with Crippen molar-refractivity contribution >= 4 is 0 Å². The van der Waals surface area contributed by atoms with E-state index in [4.69, 9.17) is 4.42 Å². The van der Waals surface area contributed by atoms with Crippen LogP contribution in [0.4, 0.5) is 0 Å². The number of hydrogen-bond acceptors (Lipinski definition) is 3. The highest BCUT2D eigenvalue weighted by Gasteiger charge is 2.11. The lowest BCUT2D eigenvalue weighted by Crippen LogP contribution is -2.21. The van der Waals surface area contributed by atoms with Crippen molar-refractivity contribution in [3.05, 3.63) is 41.9 Å². The maximum Gasteiger partial charge on any atom is 0.123 e. The van der Waals surface area contributed by atoms with Crippen LogP contribution in [0.5, 0.6) is 0 Å². The second kappa shape index (κ2) is 5.68. The zero-order valence-corrected chi connectivity index (χ0v) is 10.4. The fraction of sp³-hybridized carbons (Fsp3) is 0.462. The first-order valence-electron chi connectivity index (χ1n) is 6.13. The van der Waals surface area contributed by atoms with Crippen LogP contribution in [0.3, 0.4) is 0 Å². The fourth-order valence-corrected chi connectivity index (χ4v) is 1.83. The van der Waals surface area contributed by atoms with Gasteiger partial charge in [0.05, 0.1) is 12.6 Å². The average Bonchev–Trinajstić information content (AvgIpc) is 3.00. The summed E-state index contributed by atoms with van der Waals surface area (Å²) >= 11 is 0. The minimum atomic E-state index is 0.250. The molecule has 17 heavy (non-hydrogen) atoms. The Hall–Kier alpha value is -1.55. The standard InChI is InChI=1S/C13H19N3O/c1-3-10-5-6-11(17-10)9-16-12(4-2)13-14-7-8-15-13/h5-8,12,16H,3-4,9H2,1-2H3,(H,14,15). The summed E-state index contributed by atoms with van der Waals surface area (Å²) in [6.07, 6.45) is 5.56. The van der Waals surface area contributed by atoms with Gasteiger partial charge < -0.3 is 14.7 Å². The molecule has 2 aromatic rings. The fourth-order valence-electron chi connectivity index (χ4n) is 1.83. The third kappa shape index (κ3) is 2.97. The molecule has 0 aromatic carbocycles. The normalized spacial score (nSPS) is 12.8. The van der Waals surface area contributed by atoms with Crippen molar-refractivity contribution in [3.63, 3.8) is 0 Å². The summed E-state index contributed by atoms with van der Waals surface area (Å²) in [5.41, 5.74) is 0. The lowest BCUT2D eigenvalue weighted by molar-refractivity contribution is 0.417. The van der Waals surface area contributed by atoms with Crippen LogP contribution in [-0.4, -0.2) is 9.97 Å². The van der Waals surface area contributed by atoms with Crippen molar-refractivity contribution in [3.8, 4) is 0 Å². The molecule has 1 atom stereocenters. The van der Waals surface area contributed by atoms with Gasteiger partial charge >= 0.3 is 0 Å². The van der Waals surface area contributed by atoms with E-state index in [-0.39, 0.29) is 6.04 Å². The van der Waals surface area contributed by atoms with Gasteiger partial charge in [0, 0.05) is 18.8 Å². The van der Waals surface area contributed by atoms with Gasteiger partial charge in [-0.2, -0.15) is 0 Å². The van der Waals surface area contributed by atoms with Crippen LogP contribution >= 0.6 is 0 Å². The number of imidazole rings is 1. The maximum atomic E-state index is 5.65. The van der Waals surface area contributed by atoms with Gasteiger partial charge in [-0.1, -0.05) is 13.8 Å². The van der Waals surface area contributed by atoms with E-state index in [1.165, 1.54) is 0 Å². The highest BCUT2D eigenvalue weighted by atomic mass is 16.3. The van der Waals surface area contributed by atoms with E-state index in [1.807, 2.05) is 18.3 Å². The highest BCUT2D eigenvalue weighted by Crippen LogP contribution is 2.14. The van der Waals surface area contributed by atoms with Gasteiger partial charge in [0.15, 0.2) is 0 Å². The van der Waals surface area contributed by atoms with E-state index < -0.39 is 0 Å². The van der Waals surface area contributed by atoms with Crippen LogP contribution in [0.1, 0.15) is 43.7 Å². The molecule has 0 saturated heterocycles. The number of aromatic nitrogens is 2. The molecular weight excluding hydrogens is 214 g/mol. The van der Waals surface area contributed by atoms with Crippen LogP contribution in [-0.2, 0) is 13.0 Å². The topological polar surface area (TPSA) is 53.9 Å². The quantitative estimate of drug-likeness (QED) is 0.806. The minimum Gasteiger partial charge on any atom is -0.465 e. The van der Waals surface area contributed by atoms with E-state index in [0.717, 1.165) is 36.7 Å². The number of hydrogen-bond donors (Lipinski definition) is 2. The zero-order valence-electron chi connectivity index (χ0n) is 10.4. The molecule has 0 aliphatic carbocycles. The molecule has 0 bridgehead atoms. The Kier molecular flexibility index (Phi) is 3.98. The molecule has 0 spiro atoms. The minimum absolute atomic E-state index is 0.250. The van der Waals surface area contributed by atoms with E-state index in [2.05, 4.69) is 29.1 Å². The van der Waals surface area contributed by atoms with Crippen molar-refractivity contribution in [1.82, 2.24) is 15.3 Å². The largest absolute Gasteiger partial charge is 0.465 e. The Morgan fingerprint density at radius 2 is 2.18 bits per heavy atom. The SMILES string of the molecule is CCc1ccc(CNC(CC)c2ncc[nH]2)o1. The Morgan fingerprint density at radius 3 is 2.76 bits per heavy atom. The predicted octanol–water partition coefficient (Wildman–Crippen LogP) is 2.81. The molecule has 4 nitrogen and oxygen atoms in total. The summed E-state index contributed by atoms with van der Waals surface area (Å²) in [7, 11) is 0. The van der Waals surface area contributed by atoms with Gasteiger partial charge in [-0.15, -0.1) is 0 Å². The Bertz CT molecular complexity index is 433. The van der Waals surface area contributed by atoms with Gasteiger partial charge in [0.25, 0.3) is 0 Å². The number of aryl methyl sites for hydroxylation is 1. The van der Waals surface area contributed by atoms with E-state index in [9.17, 15) is 0 Å². The molecule has 0 radical (unpaired) electrons. The molecule has 2 aromatic heterocycles. The number of aromatic amines is 1. The van der Waals surface area contributed by atoms with Gasteiger partial charge in [-0.05, 0) is 18.6 Å². The number of rotatable bonds is 6. The van der Waals surface area contributed by atoms with Gasteiger partial charge in [0.1, 0.15) is 17.3 Å². The van der Waals surface area contributed by atoms with Crippen LogP contribution in [0, 0.1) is 0 Å². The highest BCUT2D eigenvalue weighted by molar-refractivity contribution is 5.07. The summed E-state index contributed by atoms with van der Waals surface area (Å²) in [6.45, 7) is 4.97. The Morgan fingerprint density at radius 1 is 1.35 bits per heavy atom. The Labute approximate surface area is 101 Å². The van der Waals surface area contributed by atoms with Crippen molar-refractivity contribution in [1.29, 1.82) is 0 Å². The second-order valence-corrected chi connectivity index (χ2v) is 4.04. The lowest BCUT2D eigenvalue weighted by atomic mass is 10.2. The van der Waals surface area contributed by atoms with Gasteiger partial charge in [0.2, 0.25) is 0 Å². The zero-order chi connectivity index (χ0) is 12.1. The second-order valence-electron chi connectivity index (χ2n) is 4.04. The number of furan rings is 1. The molecule has 2 N–H and O–H groups in total. The van der Waals surface area contributed by atoms with Crippen LogP contribution in [0.2, 0.25) is 0 Å². The van der Waals surface area contributed by atoms with E-state index in [1.54, 1.807) is 6.20 Å². The number of nitrogens with zero attached hydrogens (tertiary/aromatic N) is 1. The molecule has 0 aliphatic rings. The maximum absolute atomic E-state index is 5.65. The molecule has 0 saturated carbocycles. The smallest absolute Gasteiger partial charge is 0.123 e. The summed E-state index contributed by atoms with van der Waals surface area (Å²) in [6, 6.07) is 4.31. The summed E-state index contributed by atoms with van der Waals surface area (Å²) < 4.78 is 5.65. The molecule has 0 fully saturated rings. The van der Waals surface area contributed by atoms with Crippen LogP contribution in [0.25, 0.3) is 0 Å². The average molecular weight is 233 g/mol. The van der Waals surface area contributed by atoms with Crippen LogP contribution in [0.15, 0.2) is 28.9 Å². The molecular formula is C13H19N3O. The van der Waals surface area contributed by atoms with Crippen molar-refractivity contribution in [2.45, 2.75) is 39.3 Å². The van der Waals surface area contributed by atoms with Crippen molar-refractivity contribution < 1.29 is 4.42 Å². The lowest BCUT2D eigenvalue weighted by Gasteiger charge is -2.13. The van der Waals surface area contributed by atoms with Crippen molar-refractivity contribution in [2.75, 3.05) is 0 Å². The first-order valence-corrected chi connectivity index (χ1v) is 6.13. The first kappa shape index (κ1) is 11.9. The van der Waals surface area contributed by atoms with E-state index in [0.29, 0.717) is 0 Å². The molecule has 0 amide bonds. The third-order valence-corrected chi connectivity index (χ3v) is 2.85. The summed E-state index contributed by atoms with van der Waals surface area (Å²) in [5.74, 6) is 2.99. The van der Waals surface area contributed by atoms with E-state index >= 15 is 0 Å². The van der Waals surface area contributed by atoms with Crippen LogP contribution < -0.4 is 5.32 Å². The predicted molar refractivity (Wildman–Crippen MR) is 66.5 cm³/mol. The molecule has 92 valence electrons. The molecule has 0 aliphatic heterocycles. The third-order valence-electron chi connectivity index (χ3n) is 2.85.